The lowest BCUT2D eigenvalue weighted by Gasteiger charge is -2.39. The van der Waals surface area contributed by atoms with Crippen LogP contribution in [0.4, 0.5) is 0 Å². The van der Waals surface area contributed by atoms with E-state index in [9.17, 15) is 4.79 Å². The van der Waals surface area contributed by atoms with Crippen LogP contribution in [-0.4, -0.2) is 25.5 Å². The van der Waals surface area contributed by atoms with Gasteiger partial charge in [-0.2, -0.15) is 0 Å². The van der Waals surface area contributed by atoms with E-state index in [4.69, 9.17) is 0 Å². The number of rotatable bonds is 4. The van der Waals surface area contributed by atoms with Crippen LogP contribution in [0.5, 0.6) is 0 Å². The van der Waals surface area contributed by atoms with E-state index in [-0.39, 0.29) is 5.41 Å². The van der Waals surface area contributed by atoms with Crippen LogP contribution >= 0.6 is 0 Å². The molecular formula is C12H22N2O. The molecule has 0 aromatic carbocycles. The summed E-state index contributed by atoms with van der Waals surface area (Å²) in [6, 6.07) is 0. The van der Waals surface area contributed by atoms with E-state index in [0.29, 0.717) is 11.8 Å². The van der Waals surface area contributed by atoms with Crippen molar-refractivity contribution in [1.29, 1.82) is 0 Å². The van der Waals surface area contributed by atoms with Crippen molar-refractivity contribution < 1.29 is 4.79 Å². The molecule has 1 amide bonds. The molecule has 1 atom stereocenters. The van der Waals surface area contributed by atoms with E-state index in [0.717, 1.165) is 38.9 Å². The lowest BCUT2D eigenvalue weighted by atomic mass is 9.66. The molecule has 0 spiro atoms. The summed E-state index contributed by atoms with van der Waals surface area (Å²) in [5.41, 5.74) is 0.00598. The van der Waals surface area contributed by atoms with Crippen LogP contribution in [0, 0.1) is 11.3 Å². The number of carbonyl (C=O) groups excluding carboxylic acids is 1. The standard InChI is InChI=1S/C12H22N2O/c1-2-12(5-3-6-12)11(15)14-9-10-4-7-13-8-10/h10,13H,2-9H2,1H3,(H,14,15). The molecule has 1 saturated heterocycles. The second kappa shape index (κ2) is 4.52. The summed E-state index contributed by atoms with van der Waals surface area (Å²) < 4.78 is 0. The van der Waals surface area contributed by atoms with Gasteiger partial charge in [0, 0.05) is 12.0 Å². The lowest BCUT2D eigenvalue weighted by molar-refractivity contribution is -0.136. The summed E-state index contributed by atoms with van der Waals surface area (Å²) in [7, 11) is 0. The third-order valence-electron chi connectivity index (χ3n) is 4.18. The van der Waals surface area contributed by atoms with E-state index < -0.39 is 0 Å². The zero-order chi connectivity index (χ0) is 10.7. The van der Waals surface area contributed by atoms with Gasteiger partial charge in [-0.25, -0.2) is 0 Å². The maximum Gasteiger partial charge on any atom is 0.226 e. The summed E-state index contributed by atoms with van der Waals surface area (Å²) in [5, 5.41) is 6.46. The number of nitrogens with one attached hydrogen (secondary N) is 2. The first-order valence-electron chi connectivity index (χ1n) is 6.26. The summed E-state index contributed by atoms with van der Waals surface area (Å²) in [6.07, 6.45) is 5.63. The van der Waals surface area contributed by atoms with Crippen LogP contribution in [0.2, 0.25) is 0 Å². The molecule has 0 aromatic rings. The summed E-state index contributed by atoms with van der Waals surface area (Å²) in [5.74, 6) is 0.964. The van der Waals surface area contributed by atoms with Crippen molar-refractivity contribution in [1.82, 2.24) is 10.6 Å². The highest BCUT2D eigenvalue weighted by atomic mass is 16.2. The summed E-state index contributed by atoms with van der Waals surface area (Å²) in [4.78, 5) is 12.0. The van der Waals surface area contributed by atoms with Crippen molar-refractivity contribution in [3.05, 3.63) is 0 Å². The minimum atomic E-state index is 0.00598. The van der Waals surface area contributed by atoms with Crippen molar-refractivity contribution in [2.45, 2.75) is 39.0 Å². The minimum Gasteiger partial charge on any atom is -0.355 e. The van der Waals surface area contributed by atoms with Crippen molar-refractivity contribution in [2.24, 2.45) is 11.3 Å². The molecule has 2 N–H and O–H groups in total. The van der Waals surface area contributed by atoms with Gasteiger partial charge in [0.1, 0.15) is 0 Å². The van der Waals surface area contributed by atoms with Crippen LogP contribution in [0.15, 0.2) is 0 Å². The maximum absolute atomic E-state index is 12.0. The van der Waals surface area contributed by atoms with Gasteiger partial charge < -0.3 is 10.6 Å². The number of hydrogen-bond donors (Lipinski definition) is 2. The highest BCUT2D eigenvalue weighted by Crippen LogP contribution is 2.43. The Hall–Kier alpha value is -0.570. The fourth-order valence-electron chi connectivity index (χ4n) is 2.66. The average molecular weight is 210 g/mol. The molecule has 2 rings (SSSR count). The molecule has 1 aliphatic carbocycles. The zero-order valence-corrected chi connectivity index (χ0v) is 9.64. The molecule has 3 nitrogen and oxygen atoms in total. The molecule has 1 aliphatic heterocycles. The zero-order valence-electron chi connectivity index (χ0n) is 9.64. The maximum atomic E-state index is 12.0. The van der Waals surface area contributed by atoms with Crippen LogP contribution in [0.3, 0.4) is 0 Å². The largest absolute Gasteiger partial charge is 0.355 e. The third kappa shape index (κ3) is 2.17. The molecule has 0 radical (unpaired) electrons. The highest BCUT2D eigenvalue weighted by molar-refractivity contribution is 5.83. The molecule has 2 fully saturated rings. The molecule has 3 heteroatoms. The topological polar surface area (TPSA) is 41.1 Å². The van der Waals surface area contributed by atoms with Gasteiger partial charge in [-0.05, 0) is 44.7 Å². The second-order valence-electron chi connectivity index (χ2n) is 5.06. The van der Waals surface area contributed by atoms with E-state index in [1.165, 1.54) is 12.8 Å². The Morgan fingerprint density at radius 1 is 1.53 bits per heavy atom. The average Bonchev–Trinajstić information content (AvgIpc) is 2.66. The predicted octanol–water partition coefficient (Wildman–Crippen LogP) is 1.29. The molecule has 86 valence electrons. The number of carbonyl (C=O) groups is 1. The Kier molecular flexibility index (Phi) is 3.29. The first-order chi connectivity index (χ1) is 7.27. The van der Waals surface area contributed by atoms with Crippen LogP contribution < -0.4 is 10.6 Å². The Morgan fingerprint density at radius 2 is 2.33 bits per heavy atom. The fraction of sp³-hybridized carbons (Fsp3) is 0.917. The molecule has 1 unspecified atom stereocenters. The molecule has 1 saturated carbocycles. The van der Waals surface area contributed by atoms with E-state index in [1.54, 1.807) is 0 Å². The normalized spacial score (nSPS) is 28.5. The second-order valence-corrected chi connectivity index (χ2v) is 5.06. The van der Waals surface area contributed by atoms with Crippen LogP contribution in [0.1, 0.15) is 39.0 Å². The number of amides is 1. The van der Waals surface area contributed by atoms with Crippen molar-refractivity contribution in [2.75, 3.05) is 19.6 Å². The Balaban J connectivity index is 1.76. The Labute approximate surface area is 92.0 Å². The first-order valence-corrected chi connectivity index (χ1v) is 6.26. The van der Waals surface area contributed by atoms with Gasteiger partial charge >= 0.3 is 0 Å². The van der Waals surface area contributed by atoms with Gasteiger partial charge in [0.05, 0.1) is 0 Å². The lowest BCUT2D eigenvalue weighted by Crippen LogP contribution is -2.46. The SMILES string of the molecule is CCC1(C(=O)NCC2CCNC2)CCC1. The minimum absolute atomic E-state index is 0.00598. The van der Waals surface area contributed by atoms with Gasteiger partial charge in [0.15, 0.2) is 0 Å². The van der Waals surface area contributed by atoms with Gasteiger partial charge in [-0.15, -0.1) is 0 Å². The Morgan fingerprint density at radius 3 is 2.80 bits per heavy atom. The Bertz CT molecular complexity index is 224. The van der Waals surface area contributed by atoms with Gasteiger partial charge in [0.25, 0.3) is 0 Å². The van der Waals surface area contributed by atoms with Crippen LogP contribution in [0.25, 0.3) is 0 Å². The molecule has 15 heavy (non-hydrogen) atoms. The van der Waals surface area contributed by atoms with E-state index in [1.807, 2.05) is 0 Å². The third-order valence-corrected chi connectivity index (χ3v) is 4.18. The monoisotopic (exact) mass is 210 g/mol. The van der Waals surface area contributed by atoms with Gasteiger partial charge in [-0.3, -0.25) is 4.79 Å². The molecule has 0 bridgehead atoms. The predicted molar refractivity (Wildman–Crippen MR) is 60.6 cm³/mol. The van der Waals surface area contributed by atoms with Crippen molar-refractivity contribution >= 4 is 5.91 Å². The first kappa shape index (κ1) is 10.9. The molecular weight excluding hydrogens is 188 g/mol. The van der Waals surface area contributed by atoms with E-state index in [2.05, 4.69) is 17.6 Å². The fourth-order valence-corrected chi connectivity index (χ4v) is 2.66. The van der Waals surface area contributed by atoms with Gasteiger partial charge in [0.2, 0.25) is 5.91 Å². The molecule has 1 heterocycles. The summed E-state index contributed by atoms with van der Waals surface area (Å²) in [6.45, 7) is 5.18. The molecule has 2 aliphatic rings. The van der Waals surface area contributed by atoms with Crippen molar-refractivity contribution in [3.63, 3.8) is 0 Å². The van der Waals surface area contributed by atoms with E-state index >= 15 is 0 Å². The quantitative estimate of drug-likeness (QED) is 0.734. The van der Waals surface area contributed by atoms with Crippen LogP contribution in [-0.2, 0) is 4.79 Å². The highest BCUT2D eigenvalue weighted by Gasteiger charge is 2.42. The molecule has 0 aromatic heterocycles. The van der Waals surface area contributed by atoms with Crippen molar-refractivity contribution in [3.8, 4) is 0 Å². The van der Waals surface area contributed by atoms with Gasteiger partial charge in [-0.1, -0.05) is 13.3 Å². The smallest absolute Gasteiger partial charge is 0.226 e. The number of hydrogen-bond acceptors (Lipinski definition) is 2. The summed E-state index contributed by atoms with van der Waals surface area (Å²) >= 11 is 0.